The van der Waals surface area contributed by atoms with Gasteiger partial charge in [-0.2, -0.15) is 0 Å². The lowest BCUT2D eigenvalue weighted by Gasteiger charge is -2.09. The Labute approximate surface area is 125 Å². The number of carbonyl (C=O) groups excluding carboxylic acids is 1. The lowest BCUT2D eigenvalue weighted by Crippen LogP contribution is -2.08. The zero-order valence-corrected chi connectivity index (χ0v) is 11.9. The molecule has 0 unspecified atom stereocenters. The molecule has 0 radical (unpaired) electrons. The van der Waals surface area contributed by atoms with E-state index in [0.29, 0.717) is 5.56 Å². The number of benzene rings is 2. The van der Waals surface area contributed by atoms with Gasteiger partial charge in [0, 0.05) is 21.8 Å². The molecule has 2 aromatic rings. The predicted molar refractivity (Wildman–Crippen MR) is 76.1 cm³/mol. The molecule has 2 rings (SSSR count). The molecule has 0 aromatic heterocycles. The van der Waals surface area contributed by atoms with Gasteiger partial charge in [-0.15, -0.1) is 0 Å². The van der Waals surface area contributed by atoms with E-state index >= 15 is 0 Å². The van der Waals surface area contributed by atoms with E-state index in [1.54, 1.807) is 0 Å². The van der Waals surface area contributed by atoms with Crippen molar-refractivity contribution in [2.45, 2.75) is 13.5 Å². The number of hydrogen-bond acceptors (Lipinski definition) is 3. The van der Waals surface area contributed by atoms with E-state index in [0.717, 1.165) is 6.07 Å². The lowest BCUT2D eigenvalue weighted by molar-refractivity contribution is 0.0472. The molecule has 0 amide bonds. The summed E-state index contributed by atoms with van der Waals surface area (Å²) < 4.78 is 31.6. The molecule has 0 atom stereocenters. The number of esters is 1. The maximum Gasteiger partial charge on any atom is 0.338 e. The fraction of sp³-hybridized carbons (Fsp3) is 0.133. The second-order valence-electron chi connectivity index (χ2n) is 4.48. The zero-order chi connectivity index (χ0) is 15.6. The summed E-state index contributed by atoms with van der Waals surface area (Å²) in [4.78, 5) is 11.8. The molecular weight excluding hydrogens is 300 g/mol. The summed E-state index contributed by atoms with van der Waals surface area (Å²) in [5.74, 6) is -1.84. The summed E-state index contributed by atoms with van der Waals surface area (Å²) >= 11 is 5.86. The third-order valence-corrected chi connectivity index (χ3v) is 3.36. The Balaban J connectivity index is 2.13. The Bertz CT molecular complexity index is 681. The minimum atomic E-state index is -0.763. The van der Waals surface area contributed by atoms with Crippen molar-refractivity contribution in [3.8, 4) is 0 Å². The summed E-state index contributed by atoms with van der Waals surface area (Å²) in [6.45, 7) is 1.29. The lowest BCUT2D eigenvalue weighted by atomic mass is 10.1. The number of rotatable bonds is 3. The highest BCUT2D eigenvalue weighted by Gasteiger charge is 2.13. The molecule has 0 saturated heterocycles. The predicted octanol–water partition coefficient (Wildman–Crippen LogP) is 3.87. The van der Waals surface area contributed by atoms with Gasteiger partial charge in [0.1, 0.15) is 18.2 Å². The summed E-state index contributed by atoms with van der Waals surface area (Å²) in [5, 5.41) is 0.277. The number of anilines is 1. The SMILES string of the molecule is Cc1c(N)cc(C(=O)OCc2cc(F)ccc2Cl)cc1F. The Morgan fingerprint density at radius 3 is 2.67 bits per heavy atom. The minimum absolute atomic E-state index is 0.0110. The van der Waals surface area contributed by atoms with Crippen molar-refractivity contribution >= 4 is 23.3 Å². The first kappa shape index (κ1) is 15.3. The number of ether oxygens (including phenoxy) is 1. The van der Waals surface area contributed by atoms with Crippen LogP contribution in [0, 0.1) is 18.6 Å². The summed E-state index contributed by atoms with van der Waals surface area (Å²) in [6, 6.07) is 6.10. The van der Waals surface area contributed by atoms with Gasteiger partial charge in [-0.1, -0.05) is 11.6 Å². The van der Waals surface area contributed by atoms with Crippen LogP contribution in [-0.2, 0) is 11.3 Å². The van der Waals surface area contributed by atoms with Crippen LogP contribution in [0.4, 0.5) is 14.5 Å². The highest BCUT2D eigenvalue weighted by atomic mass is 35.5. The van der Waals surface area contributed by atoms with Crippen LogP contribution in [0.2, 0.25) is 5.02 Å². The Morgan fingerprint density at radius 1 is 1.29 bits per heavy atom. The fourth-order valence-corrected chi connectivity index (χ4v) is 1.87. The Morgan fingerprint density at radius 2 is 2.00 bits per heavy atom. The fourth-order valence-electron chi connectivity index (χ4n) is 1.70. The number of hydrogen-bond donors (Lipinski definition) is 1. The molecule has 2 N–H and O–H groups in total. The van der Waals surface area contributed by atoms with Crippen LogP contribution < -0.4 is 5.73 Å². The molecule has 3 nitrogen and oxygen atoms in total. The van der Waals surface area contributed by atoms with Gasteiger partial charge < -0.3 is 10.5 Å². The largest absolute Gasteiger partial charge is 0.457 e. The van der Waals surface area contributed by atoms with E-state index in [9.17, 15) is 13.6 Å². The normalized spacial score (nSPS) is 10.5. The van der Waals surface area contributed by atoms with Crippen molar-refractivity contribution in [1.29, 1.82) is 0 Å². The van der Waals surface area contributed by atoms with Crippen molar-refractivity contribution in [2.75, 3.05) is 5.73 Å². The average Bonchev–Trinajstić information content (AvgIpc) is 2.44. The first-order valence-electron chi connectivity index (χ1n) is 6.05. The maximum absolute atomic E-state index is 13.5. The molecule has 6 heteroatoms. The Kier molecular flexibility index (Phi) is 4.43. The average molecular weight is 312 g/mol. The first-order valence-corrected chi connectivity index (χ1v) is 6.43. The van der Waals surface area contributed by atoms with Gasteiger partial charge in [0.15, 0.2) is 0 Å². The van der Waals surface area contributed by atoms with Crippen molar-refractivity contribution in [1.82, 2.24) is 0 Å². The van der Waals surface area contributed by atoms with Crippen molar-refractivity contribution in [2.24, 2.45) is 0 Å². The molecule has 0 bridgehead atoms. The second kappa shape index (κ2) is 6.10. The minimum Gasteiger partial charge on any atom is -0.457 e. The molecule has 0 saturated carbocycles. The summed E-state index contributed by atoms with van der Waals surface area (Å²) in [6.07, 6.45) is 0. The van der Waals surface area contributed by atoms with Crippen LogP contribution in [0.15, 0.2) is 30.3 Å². The van der Waals surface area contributed by atoms with E-state index in [2.05, 4.69) is 0 Å². The maximum atomic E-state index is 13.5. The number of carbonyl (C=O) groups is 1. The summed E-state index contributed by atoms with van der Waals surface area (Å²) in [7, 11) is 0. The van der Waals surface area contributed by atoms with Crippen LogP contribution in [0.25, 0.3) is 0 Å². The van der Waals surface area contributed by atoms with Crippen molar-refractivity contribution in [3.05, 3.63) is 63.7 Å². The molecule has 0 heterocycles. The molecule has 0 aliphatic carbocycles. The van der Waals surface area contributed by atoms with Gasteiger partial charge >= 0.3 is 5.97 Å². The van der Waals surface area contributed by atoms with E-state index in [1.165, 1.54) is 31.2 Å². The molecule has 2 aromatic carbocycles. The van der Waals surface area contributed by atoms with Crippen LogP contribution in [-0.4, -0.2) is 5.97 Å². The molecule has 0 aliphatic rings. The van der Waals surface area contributed by atoms with Crippen LogP contribution in [0.5, 0.6) is 0 Å². The number of halogens is 3. The molecular formula is C15H12ClF2NO2. The van der Waals surface area contributed by atoms with E-state index < -0.39 is 17.6 Å². The topological polar surface area (TPSA) is 52.3 Å². The molecule has 21 heavy (non-hydrogen) atoms. The molecule has 0 aliphatic heterocycles. The van der Waals surface area contributed by atoms with Crippen LogP contribution in [0.3, 0.4) is 0 Å². The van der Waals surface area contributed by atoms with Gasteiger partial charge in [0.25, 0.3) is 0 Å². The third-order valence-electron chi connectivity index (χ3n) is 2.99. The van der Waals surface area contributed by atoms with Gasteiger partial charge in [-0.25, -0.2) is 13.6 Å². The first-order chi connectivity index (χ1) is 9.88. The van der Waals surface area contributed by atoms with Gasteiger partial charge in [0.2, 0.25) is 0 Å². The highest BCUT2D eigenvalue weighted by molar-refractivity contribution is 6.31. The van der Waals surface area contributed by atoms with Crippen molar-refractivity contribution in [3.63, 3.8) is 0 Å². The smallest absolute Gasteiger partial charge is 0.338 e. The molecule has 110 valence electrons. The highest BCUT2D eigenvalue weighted by Crippen LogP contribution is 2.21. The van der Waals surface area contributed by atoms with E-state index in [1.807, 2.05) is 0 Å². The van der Waals surface area contributed by atoms with Crippen LogP contribution in [0.1, 0.15) is 21.5 Å². The monoisotopic (exact) mass is 311 g/mol. The third kappa shape index (κ3) is 3.49. The Hall–Kier alpha value is -2.14. The summed E-state index contributed by atoms with van der Waals surface area (Å²) in [5.41, 5.74) is 6.33. The number of nitrogen functional groups attached to an aromatic ring is 1. The van der Waals surface area contributed by atoms with Crippen LogP contribution >= 0.6 is 11.6 Å². The standard InChI is InChI=1S/C15H12ClF2NO2/c1-8-13(18)5-9(6-14(8)19)15(20)21-7-10-4-11(17)2-3-12(10)16/h2-6H,7,19H2,1H3. The molecule has 0 fully saturated rings. The zero-order valence-electron chi connectivity index (χ0n) is 11.1. The van der Waals surface area contributed by atoms with E-state index in [4.69, 9.17) is 22.1 Å². The quantitative estimate of drug-likeness (QED) is 0.691. The second-order valence-corrected chi connectivity index (χ2v) is 4.89. The van der Waals surface area contributed by atoms with Gasteiger partial charge in [-0.05, 0) is 37.3 Å². The number of nitrogens with two attached hydrogens (primary N) is 1. The van der Waals surface area contributed by atoms with Gasteiger partial charge in [-0.3, -0.25) is 0 Å². The molecule has 0 spiro atoms. The van der Waals surface area contributed by atoms with E-state index in [-0.39, 0.29) is 28.4 Å². The van der Waals surface area contributed by atoms with Gasteiger partial charge in [0.05, 0.1) is 5.56 Å². The van der Waals surface area contributed by atoms with Crippen molar-refractivity contribution < 1.29 is 18.3 Å².